The van der Waals surface area contributed by atoms with Crippen LogP contribution in [0.15, 0.2) is 79.9 Å². The Morgan fingerprint density at radius 3 is 2.22 bits per heavy atom. The molecule has 0 saturated heterocycles. The highest BCUT2D eigenvalue weighted by Gasteiger charge is 2.26. The second-order valence-electron chi connectivity index (χ2n) is 8.63. The summed E-state index contributed by atoms with van der Waals surface area (Å²) < 4.78 is 19.2. The van der Waals surface area contributed by atoms with Gasteiger partial charge in [0.1, 0.15) is 11.9 Å². The molecule has 198 valence electrons. The van der Waals surface area contributed by atoms with Crippen molar-refractivity contribution in [3.63, 3.8) is 0 Å². The number of aliphatic hydroxyl groups is 1. The van der Waals surface area contributed by atoms with Gasteiger partial charge >= 0.3 is 5.97 Å². The second kappa shape index (κ2) is 16.1. The monoisotopic (exact) mass is 510 g/mol. The third-order valence-corrected chi connectivity index (χ3v) is 5.76. The first kappa shape index (κ1) is 29.5. The first-order valence-corrected chi connectivity index (χ1v) is 12.2. The molecule has 0 unspecified atom stereocenters. The number of aliphatic hydroxyl groups excluding tert-OH is 1. The molecule has 0 bridgehead atoms. The Kier molecular flexibility index (Phi) is 12.8. The highest BCUT2D eigenvalue weighted by molar-refractivity contribution is 5.86. The van der Waals surface area contributed by atoms with Crippen LogP contribution >= 0.6 is 0 Å². The lowest BCUT2D eigenvalue weighted by molar-refractivity contribution is -0.154. The van der Waals surface area contributed by atoms with Crippen molar-refractivity contribution >= 4 is 17.8 Å². The third kappa shape index (κ3) is 10.4. The van der Waals surface area contributed by atoms with Crippen molar-refractivity contribution in [3.8, 4) is 0 Å². The number of allylic oxidation sites excluding steroid dienone is 2. The lowest BCUT2D eigenvalue weighted by Crippen LogP contribution is -2.38. The van der Waals surface area contributed by atoms with E-state index in [1.54, 1.807) is 36.4 Å². The van der Waals surface area contributed by atoms with Crippen LogP contribution in [0.1, 0.15) is 36.5 Å². The minimum Gasteiger partial charge on any atom is -0.455 e. The number of carbonyl (C=O) groups excluding carboxylic acids is 3. The zero-order valence-electron chi connectivity index (χ0n) is 20.9. The fourth-order valence-corrected chi connectivity index (χ4v) is 3.81. The summed E-state index contributed by atoms with van der Waals surface area (Å²) in [4.78, 5) is 38.1. The molecule has 0 aliphatic rings. The van der Waals surface area contributed by atoms with Crippen LogP contribution in [0.3, 0.4) is 0 Å². The maximum atomic E-state index is 13.3. The van der Waals surface area contributed by atoms with Crippen molar-refractivity contribution in [2.75, 3.05) is 19.7 Å². The van der Waals surface area contributed by atoms with E-state index >= 15 is 0 Å². The molecule has 0 fully saturated rings. The summed E-state index contributed by atoms with van der Waals surface area (Å²) in [6, 6.07) is 15.0. The molecule has 3 N–H and O–H groups in total. The summed E-state index contributed by atoms with van der Waals surface area (Å²) in [5.74, 6) is -2.73. The minimum absolute atomic E-state index is 0.0118. The summed E-state index contributed by atoms with van der Waals surface area (Å²) in [5, 5.41) is 14.2. The van der Waals surface area contributed by atoms with Crippen molar-refractivity contribution in [1.29, 1.82) is 0 Å². The van der Waals surface area contributed by atoms with Gasteiger partial charge in [-0.3, -0.25) is 14.4 Å². The lowest BCUT2D eigenvalue weighted by atomic mass is 9.96. The SMILES string of the molecule is C=CC[C@H](CC(=O)NCCO)C(=O)NC[C@@H](OC(=O)[C@@H](CC=C)Cc1ccc(F)cc1)c1ccccc1. The molecule has 8 heteroatoms. The number of halogens is 1. The molecular formula is C29H35FN2O5. The molecule has 0 spiro atoms. The van der Waals surface area contributed by atoms with Gasteiger partial charge in [0.05, 0.1) is 25.0 Å². The van der Waals surface area contributed by atoms with Crippen LogP contribution < -0.4 is 10.6 Å². The molecule has 0 aliphatic heterocycles. The van der Waals surface area contributed by atoms with Crippen LogP contribution in [0, 0.1) is 17.7 Å². The predicted molar refractivity (Wildman–Crippen MR) is 140 cm³/mol. The van der Waals surface area contributed by atoms with E-state index in [1.807, 2.05) is 18.2 Å². The van der Waals surface area contributed by atoms with E-state index in [9.17, 15) is 18.8 Å². The van der Waals surface area contributed by atoms with E-state index in [4.69, 9.17) is 9.84 Å². The Bertz CT molecular complexity index is 1030. The van der Waals surface area contributed by atoms with Gasteiger partial charge in [-0.15, -0.1) is 13.2 Å². The Morgan fingerprint density at radius 1 is 0.946 bits per heavy atom. The third-order valence-electron chi connectivity index (χ3n) is 5.76. The quantitative estimate of drug-likeness (QED) is 0.236. The number of rotatable bonds is 16. The fourth-order valence-electron chi connectivity index (χ4n) is 3.81. The van der Waals surface area contributed by atoms with E-state index in [-0.39, 0.29) is 50.2 Å². The van der Waals surface area contributed by atoms with Gasteiger partial charge in [-0.25, -0.2) is 4.39 Å². The van der Waals surface area contributed by atoms with Crippen LogP contribution in [0.4, 0.5) is 4.39 Å². The molecule has 37 heavy (non-hydrogen) atoms. The molecule has 0 saturated carbocycles. The Morgan fingerprint density at radius 2 is 1.59 bits per heavy atom. The molecular weight excluding hydrogens is 475 g/mol. The number of hydrogen-bond acceptors (Lipinski definition) is 5. The van der Waals surface area contributed by atoms with Crippen LogP contribution in [0.25, 0.3) is 0 Å². The normalized spacial score (nSPS) is 13.0. The van der Waals surface area contributed by atoms with Gasteiger partial charge in [-0.1, -0.05) is 54.6 Å². The standard InChI is InChI=1S/C29H35FN2O5/c1-3-8-23(19-27(34)31-16-17-33)28(35)32-20-26(22-10-6-5-7-11-22)37-29(36)24(9-4-2)18-21-12-14-25(30)15-13-21/h3-7,10-15,23-24,26,33H,1-2,8-9,16-20H2,(H,31,34)(H,32,35)/t23-,24+,26-/m1/s1. The molecule has 0 aromatic heterocycles. The van der Waals surface area contributed by atoms with Gasteiger partial charge in [-0.05, 0) is 42.5 Å². The average Bonchev–Trinajstić information content (AvgIpc) is 2.90. The highest BCUT2D eigenvalue weighted by atomic mass is 19.1. The Hall–Kier alpha value is -3.78. The maximum absolute atomic E-state index is 13.3. The molecule has 3 atom stereocenters. The van der Waals surface area contributed by atoms with Gasteiger partial charge in [0, 0.05) is 13.0 Å². The van der Waals surface area contributed by atoms with Crippen LogP contribution in [0.2, 0.25) is 0 Å². The van der Waals surface area contributed by atoms with Crippen molar-refractivity contribution in [3.05, 3.63) is 96.9 Å². The number of amides is 2. The topological polar surface area (TPSA) is 105 Å². The molecule has 0 heterocycles. The first-order chi connectivity index (χ1) is 17.9. The van der Waals surface area contributed by atoms with E-state index in [1.165, 1.54) is 12.1 Å². The Labute approximate surface area is 217 Å². The van der Waals surface area contributed by atoms with Crippen LogP contribution in [-0.2, 0) is 25.5 Å². The molecule has 7 nitrogen and oxygen atoms in total. The molecule has 0 radical (unpaired) electrons. The zero-order chi connectivity index (χ0) is 27.0. The second-order valence-corrected chi connectivity index (χ2v) is 8.63. The average molecular weight is 511 g/mol. The zero-order valence-corrected chi connectivity index (χ0v) is 20.9. The maximum Gasteiger partial charge on any atom is 0.310 e. The number of benzene rings is 2. The number of hydrogen-bond donors (Lipinski definition) is 3. The first-order valence-electron chi connectivity index (χ1n) is 12.2. The number of nitrogens with one attached hydrogen (secondary N) is 2. The van der Waals surface area contributed by atoms with E-state index in [0.717, 1.165) is 5.56 Å². The molecule has 2 aromatic rings. The number of esters is 1. The molecule has 2 aromatic carbocycles. The Balaban J connectivity index is 2.11. The lowest BCUT2D eigenvalue weighted by Gasteiger charge is -2.23. The fraction of sp³-hybridized carbons (Fsp3) is 0.345. The number of carbonyl (C=O) groups is 3. The van der Waals surface area contributed by atoms with Gasteiger partial charge in [0.25, 0.3) is 0 Å². The van der Waals surface area contributed by atoms with Crippen molar-refractivity contribution < 1.29 is 28.6 Å². The summed E-state index contributed by atoms with van der Waals surface area (Å²) in [7, 11) is 0. The van der Waals surface area contributed by atoms with Crippen molar-refractivity contribution in [1.82, 2.24) is 10.6 Å². The van der Waals surface area contributed by atoms with Gasteiger partial charge in [0.2, 0.25) is 11.8 Å². The summed E-state index contributed by atoms with van der Waals surface area (Å²) >= 11 is 0. The largest absolute Gasteiger partial charge is 0.455 e. The summed E-state index contributed by atoms with van der Waals surface area (Å²) in [6.45, 7) is 7.32. The predicted octanol–water partition coefficient (Wildman–Crippen LogP) is 3.65. The number of ether oxygens (including phenoxy) is 1. The van der Waals surface area contributed by atoms with E-state index in [2.05, 4.69) is 23.8 Å². The van der Waals surface area contributed by atoms with Crippen LogP contribution in [0.5, 0.6) is 0 Å². The molecule has 2 amide bonds. The van der Waals surface area contributed by atoms with Crippen molar-refractivity contribution in [2.45, 2.75) is 31.8 Å². The highest BCUT2D eigenvalue weighted by Crippen LogP contribution is 2.22. The van der Waals surface area contributed by atoms with Gasteiger partial charge in [0.15, 0.2) is 0 Å². The minimum atomic E-state index is -0.759. The molecule has 0 aliphatic carbocycles. The van der Waals surface area contributed by atoms with E-state index < -0.39 is 23.9 Å². The van der Waals surface area contributed by atoms with Crippen LogP contribution in [-0.4, -0.2) is 42.6 Å². The summed E-state index contributed by atoms with van der Waals surface area (Å²) in [5.41, 5.74) is 1.50. The molecule has 2 rings (SSSR count). The van der Waals surface area contributed by atoms with Gasteiger partial charge < -0.3 is 20.5 Å². The van der Waals surface area contributed by atoms with Gasteiger partial charge in [-0.2, -0.15) is 0 Å². The summed E-state index contributed by atoms with van der Waals surface area (Å²) in [6.07, 6.45) is 3.38. The smallest absolute Gasteiger partial charge is 0.310 e. The van der Waals surface area contributed by atoms with E-state index in [0.29, 0.717) is 18.4 Å². The van der Waals surface area contributed by atoms with Crippen molar-refractivity contribution in [2.24, 2.45) is 11.8 Å².